The second-order valence-electron chi connectivity index (χ2n) is 10.5. The van der Waals surface area contributed by atoms with Gasteiger partial charge in [0, 0.05) is 45.4 Å². The van der Waals surface area contributed by atoms with E-state index in [0.29, 0.717) is 25.0 Å². The van der Waals surface area contributed by atoms with Crippen LogP contribution in [-0.2, 0) is 11.2 Å². The van der Waals surface area contributed by atoms with E-state index >= 15 is 0 Å². The molecular formula is C27H39N8O2+. The first-order valence-electron chi connectivity index (χ1n) is 13.5. The molecule has 1 amide bonds. The van der Waals surface area contributed by atoms with E-state index in [1.807, 2.05) is 24.8 Å². The number of carbonyl (C=O) groups excluding carboxylic acids is 1. The number of hydrogen-bond acceptors (Lipinski definition) is 7. The van der Waals surface area contributed by atoms with Gasteiger partial charge in [0.15, 0.2) is 5.52 Å². The van der Waals surface area contributed by atoms with Crippen molar-refractivity contribution in [2.24, 2.45) is 5.92 Å². The molecule has 0 radical (unpaired) electrons. The van der Waals surface area contributed by atoms with Gasteiger partial charge in [0.2, 0.25) is 11.5 Å². The predicted octanol–water partition coefficient (Wildman–Crippen LogP) is 2.46. The van der Waals surface area contributed by atoms with Gasteiger partial charge in [-0.15, -0.1) is 4.57 Å². The molecule has 0 aromatic carbocycles. The summed E-state index contributed by atoms with van der Waals surface area (Å²) in [5.74, 6) is 1.29. The molecule has 5 rings (SSSR count). The molecule has 2 N–H and O–H groups in total. The molecule has 0 aliphatic carbocycles. The highest BCUT2D eigenvalue weighted by Gasteiger charge is 2.25. The minimum atomic E-state index is -0.102. The number of nitrogens with zero attached hydrogens (tertiary/aromatic N) is 6. The summed E-state index contributed by atoms with van der Waals surface area (Å²) < 4.78 is 9.32. The quantitative estimate of drug-likeness (QED) is 0.474. The summed E-state index contributed by atoms with van der Waals surface area (Å²) in [7, 11) is 1.78. The molecule has 2 aliphatic heterocycles. The lowest BCUT2D eigenvalue weighted by molar-refractivity contribution is -0.691. The minimum absolute atomic E-state index is 0.102. The zero-order chi connectivity index (χ0) is 25.8. The molecule has 10 heteroatoms. The van der Waals surface area contributed by atoms with Crippen LogP contribution in [0.1, 0.15) is 57.0 Å². The Morgan fingerprint density at radius 3 is 2.70 bits per heavy atom. The number of carbonyl (C=O) groups is 1. The van der Waals surface area contributed by atoms with E-state index in [0.717, 1.165) is 80.2 Å². The Kier molecular flexibility index (Phi) is 7.95. The largest absolute Gasteiger partial charge is 0.413 e. The fourth-order valence-corrected chi connectivity index (χ4v) is 5.31. The summed E-state index contributed by atoms with van der Waals surface area (Å²) in [5.41, 5.74) is 3.65. The highest BCUT2D eigenvalue weighted by molar-refractivity contribution is 5.87. The molecule has 0 unspecified atom stereocenters. The molecule has 0 spiro atoms. The number of ether oxygens (including phenoxy) is 1. The van der Waals surface area contributed by atoms with Gasteiger partial charge in [-0.3, -0.25) is 4.98 Å². The molecule has 5 heterocycles. The summed E-state index contributed by atoms with van der Waals surface area (Å²) >= 11 is 0. The van der Waals surface area contributed by atoms with E-state index in [2.05, 4.69) is 45.0 Å². The molecule has 0 atom stereocenters. The number of aromatic nitrogens is 5. The van der Waals surface area contributed by atoms with Gasteiger partial charge < -0.3 is 20.3 Å². The number of rotatable bonds is 7. The monoisotopic (exact) mass is 507 g/mol. The van der Waals surface area contributed by atoms with Crippen LogP contribution >= 0.6 is 0 Å². The molecule has 2 aliphatic rings. The number of methoxy groups -OCH3 is 1. The number of imidazole rings is 1. The van der Waals surface area contributed by atoms with E-state index in [9.17, 15) is 4.79 Å². The average Bonchev–Trinajstić information content (AvgIpc) is 3.32. The lowest BCUT2D eigenvalue weighted by Crippen LogP contribution is -2.39. The van der Waals surface area contributed by atoms with E-state index in [-0.39, 0.29) is 12.1 Å². The predicted molar refractivity (Wildman–Crippen MR) is 142 cm³/mol. The Morgan fingerprint density at radius 2 is 1.97 bits per heavy atom. The summed E-state index contributed by atoms with van der Waals surface area (Å²) in [6, 6.07) is 4.14. The van der Waals surface area contributed by atoms with Crippen molar-refractivity contribution < 1.29 is 14.1 Å². The number of anilines is 1. The van der Waals surface area contributed by atoms with E-state index in [1.165, 1.54) is 0 Å². The molecule has 0 bridgehead atoms. The Labute approximate surface area is 218 Å². The smallest absolute Gasteiger partial charge is 0.381 e. The third-order valence-corrected chi connectivity index (χ3v) is 7.59. The van der Waals surface area contributed by atoms with E-state index in [1.54, 1.807) is 11.7 Å². The molecule has 3 aromatic heterocycles. The van der Waals surface area contributed by atoms with Gasteiger partial charge in [-0.05, 0) is 64.6 Å². The number of hydrogen-bond donors (Lipinski definition) is 2. The van der Waals surface area contributed by atoms with Crippen LogP contribution in [0.3, 0.4) is 0 Å². The van der Waals surface area contributed by atoms with Crippen molar-refractivity contribution in [2.75, 3.05) is 44.7 Å². The van der Waals surface area contributed by atoms with Crippen molar-refractivity contribution in [1.29, 1.82) is 0 Å². The zero-order valence-electron chi connectivity index (χ0n) is 22.2. The Bertz CT molecular complexity index is 1210. The van der Waals surface area contributed by atoms with Crippen molar-refractivity contribution in [1.82, 2.24) is 30.2 Å². The molecule has 2 fully saturated rings. The second kappa shape index (κ2) is 11.5. The lowest BCUT2D eigenvalue weighted by Gasteiger charge is -2.31. The van der Waals surface area contributed by atoms with Crippen molar-refractivity contribution in [2.45, 2.75) is 58.1 Å². The third-order valence-electron chi connectivity index (χ3n) is 7.59. The maximum Gasteiger partial charge on any atom is 0.413 e. The normalized spacial score (nSPS) is 17.6. The number of fused-ring (bicyclic) bond motifs is 1. The van der Waals surface area contributed by atoms with E-state index in [4.69, 9.17) is 14.7 Å². The minimum Gasteiger partial charge on any atom is -0.381 e. The van der Waals surface area contributed by atoms with Gasteiger partial charge >= 0.3 is 6.03 Å². The molecule has 198 valence electrons. The van der Waals surface area contributed by atoms with Gasteiger partial charge in [-0.1, -0.05) is 0 Å². The number of amides is 1. The average molecular weight is 508 g/mol. The van der Waals surface area contributed by atoms with Crippen LogP contribution in [0.25, 0.3) is 11.0 Å². The Morgan fingerprint density at radius 1 is 1.19 bits per heavy atom. The van der Waals surface area contributed by atoms with Crippen molar-refractivity contribution in [3.05, 3.63) is 42.2 Å². The lowest BCUT2D eigenvalue weighted by atomic mass is 9.98. The molecule has 2 saturated heterocycles. The highest BCUT2D eigenvalue weighted by Crippen LogP contribution is 2.20. The topological polar surface area (TPSA) is 101 Å². The Balaban J connectivity index is 1.32. The standard InChI is InChI=1S/C27H38N8O2/c1-19(2)34-18-35(27(36)31-16-20-4-9-28-10-5-20)25-17-30-22(15-24(25)34)14-21-6-11-29-26(32-21)33-12-7-23(37-3)8-13-33/h6,11,15,17-20,23,28H,4-5,7-10,12-14,16H2,1-3H3/p+1. The van der Waals surface area contributed by atoms with Crippen LogP contribution in [0.4, 0.5) is 10.7 Å². The maximum atomic E-state index is 13.1. The van der Waals surface area contributed by atoms with Gasteiger partial charge in [0.25, 0.3) is 6.33 Å². The summed E-state index contributed by atoms with van der Waals surface area (Å²) in [6.45, 7) is 8.79. The SMILES string of the molecule is COC1CCN(c2nccc(Cc3cc4c(cn3)n(C(=O)NCC3CCNCC3)c[n+]4C(C)C)n2)CC1. The van der Waals surface area contributed by atoms with Gasteiger partial charge in [-0.2, -0.15) is 0 Å². The molecule has 3 aromatic rings. The molecule has 10 nitrogen and oxygen atoms in total. The number of pyridine rings is 1. The zero-order valence-corrected chi connectivity index (χ0v) is 22.2. The van der Waals surface area contributed by atoms with Crippen LogP contribution < -0.4 is 20.1 Å². The van der Waals surface area contributed by atoms with E-state index < -0.39 is 0 Å². The van der Waals surface area contributed by atoms with Crippen molar-refractivity contribution in [3.8, 4) is 0 Å². The van der Waals surface area contributed by atoms with Crippen LogP contribution in [0.2, 0.25) is 0 Å². The second-order valence-corrected chi connectivity index (χ2v) is 10.5. The van der Waals surface area contributed by atoms with Crippen molar-refractivity contribution >= 4 is 23.0 Å². The van der Waals surface area contributed by atoms with Gasteiger partial charge in [0.1, 0.15) is 0 Å². The summed E-state index contributed by atoms with van der Waals surface area (Å²) in [6.07, 6.45) is 10.6. The van der Waals surface area contributed by atoms with Gasteiger partial charge in [0.05, 0.1) is 29.7 Å². The first-order valence-corrected chi connectivity index (χ1v) is 13.5. The summed E-state index contributed by atoms with van der Waals surface area (Å²) in [5, 5.41) is 6.51. The number of nitrogens with one attached hydrogen (secondary N) is 2. The van der Waals surface area contributed by atoms with Crippen molar-refractivity contribution in [3.63, 3.8) is 0 Å². The van der Waals surface area contributed by atoms with Crippen LogP contribution in [-0.4, -0.2) is 71.5 Å². The third kappa shape index (κ3) is 5.91. The molecule has 37 heavy (non-hydrogen) atoms. The molecule has 0 saturated carbocycles. The first-order chi connectivity index (χ1) is 18.0. The maximum absolute atomic E-state index is 13.1. The van der Waals surface area contributed by atoms with Gasteiger partial charge in [-0.25, -0.2) is 19.3 Å². The first kappa shape index (κ1) is 25.5. The Hall–Kier alpha value is -3.11. The molecular weight excluding hydrogens is 468 g/mol. The van der Waals surface area contributed by atoms with Crippen LogP contribution in [0, 0.1) is 5.92 Å². The number of piperidine rings is 2. The van der Waals surface area contributed by atoms with Crippen LogP contribution in [0.15, 0.2) is 30.9 Å². The fraction of sp³-hybridized carbons (Fsp3) is 0.593. The summed E-state index contributed by atoms with van der Waals surface area (Å²) in [4.78, 5) is 29.4. The highest BCUT2D eigenvalue weighted by atomic mass is 16.5. The fourth-order valence-electron chi connectivity index (χ4n) is 5.31. The van der Waals surface area contributed by atoms with Crippen LogP contribution in [0.5, 0.6) is 0 Å².